The zero-order valence-electron chi connectivity index (χ0n) is 6.54. The number of hydrogen-bond acceptors (Lipinski definition) is 3. The van der Waals surface area contributed by atoms with Crippen LogP contribution in [0.25, 0.3) is 0 Å². The van der Waals surface area contributed by atoms with E-state index in [0.29, 0.717) is 0 Å². The van der Waals surface area contributed by atoms with Gasteiger partial charge in [0, 0.05) is 7.11 Å². The van der Waals surface area contributed by atoms with Gasteiger partial charge in [0.2, 0.25) is 0 Å². The highest BCUT2D eigenvalue weighted by molar-refractivity contribution is 4.76. The predicted molar refractivity (Wildman–Crippen MR) is 39.3 cm³/mol. The lowest BCUT2D eigenvalue weighted by atomic mass is 10.1. The Morgan fingerprint density at radius 2 is 2.20 bits per heavy atom. The van der Waals surface area contributed by atoms with Crippen molar-refractivity contribution in [2.75, 3.05) is 7.11 Å². The van der Waals surface area contributed by atoms with Crippen LogP contribution in [0.15, 0.2) is 0 Å². The molecule has 1 aliphatic heterocycles. The Kier molecular flexibility index (Phi) is 2.65. The fraction of sp³-hybridized carbons (Fsp3) is 1.00. The maximum absolute atomic E-state index is 11.1. The van der Waals surface area contributed by atoms with Crippen LogP contribution in [0.3, 0.4) is 0 Å². The van der Waals surface area contributed by atoms with E-state index in [2.05, 4.69) is 0 Å². The first kappa shape index (κ1) is 7.98. The van der Waals surface area contributed by atoms with E-state index >= 15 is 0 Å². The SMILES string of the molecule is COC1CCCC(C)N1[O-]. The molecule has 0 N–H and O–H groups in total. The molecule has 0 radical (unpaired) electrons. The summed E-state index contributed by atoms with van der Waals surface area (Å²) in [4.78, 5) is 0. The van der Waals surface area contributed by atoms with Gasteiger partial charge in [0.25, 0.3) is 0 Å². The molecule has 10 heavy (non-hydrogen) atoms. The normalized spacial score (nSPS) is 36.3. The van der Waals surface area contributed by atoms with Crippen LogP contribution in [-0.4, -0.2) is 24.4 Å². The van der Waals surface area contributed by atoms with Crippen molar-refractivity contribution >= 4 is 0 Å². The number of methoxy groups -OCH3 is 1. The van der Waals surface area contributed by atoms with Crippen molar-refractivity contribution in [2.24, 2.45) is 0 Å². The number of hydrogen-bond donors (Lipinski definition) is 0. The Labute approximate surface area is 61.5 Å². The monoisotopic (exact) mass is 144 g/mol. The second-order valence-electron chi connectivity index (χ2n) is 2.83. The number of nitrogens with zero attached hydrogens (tertiary/aromatic N) is 1. The first-order chi connectivity index (χ1) is 4.75. The largest absolute Gasteiger partial charge is 0.783 e. The highest BCUT2D eigenvalue weighted by atomic mass is 16.6. The molecule has 1 rings (SSSR count). The zero-order chi connectivity index (χ0) is 7.56. The van der Waals surface area contributed by atoms with E-state index in [-0.39, 0.29) is 12.3 Å². The summed E-state index contributed by atoms with van der Waals surface area (Å²) in [5.41, 5.74) is 0. The summed E-state index contributed by atoms with van der Waals surface area (Å²) in [6, 6.07) is 0.138. The van der Waals surface area contributed by atoms with Crippen LogP contribution in [0, 0.1) is 5.21 Å². The van der Waals surface area contributed by atoms with Gasteiger partial charge in [-0.05, 0) is 25.3 Å². The molecule has 1 saturated heterocycles. The fourth-order valence-electron chi connectivity index (χ4n) is 1.35. The summed E-state index contributed by atoms with van der Waals surface area (Å²) in [6.45, 7) is 1.94. The molecule has 1 aliphatic rings. The highest BCUT2D eigenvalue weighted by Crippen LogP contribution is 2.21. The van der Waals surface area contributed by atoms with Crippen molar-refractivity contribution in [1.29, 1.82) is 0 Å². The maximum atomic E-state index is 11.1. The first-order valence-electron chi connectivity index (χ1n) is 3.74. The lowest BCUT2D eigenvalue weighted by Crippen LogP contribution is -2.41. The fourth-order valence-corrected chi connectivity index (χ4v) is 1.35. The molecule has 0 amide bonds. The van der Waals surface area contributed by atoms with Crippen LogP contribution >= 0.6 is 0 Å². The molecule has 0 spiro atoms. The van der Waals surface area contributed by atoms with Gasteiger partial charge in [0.05, 0.1) is 6.23 Å². The smallest absolute Gasteiger partial charge is 0.0987 e. The lowest BCUT2D eigenvalue weighted by Gasteiger charge is -2.44. The Hall–Kier alpha value is -0.120. The molecule has 3 heteroatoms. The first-order valence-corrected chi connectivity index (χ1v) is 3.74. The molecule has 1 fully saturated rings. The van der Waals surface area contributed by atoms with E-state index < -0.39 is 0 Å². The number of rotatable bonds is 1. The third-order valence-electron chi connectivity index (χ3n) is 2.06. The van der Waals surface area contributed by atoms with E-state index in [4.69, 9.17) is 4.74 Å². The summed E-state index contributed by atoms with van der Waals surface area (Å²) in [7, 11) is 1.59. The van der Waals surface area contributed by atoms with E-state index in [9.17, 15) is 5.21 Å². The minimum Gasteiger partial charge on any atom is -0.783 e. The average molecular weight is 144 g/mol. The van der Waals surface area contributed by atoms with Crippen LogP contribution in [0.5, 0.6) is 0 Å². The summed E-state index contributed by atoms with van der Waals surface area (Å²) in [5, 5.41) is 12.2. The molecule has 2 unspecified atom stereocenters. The quantitative estimate of drug-likeness (QED) is 0.557. The van der Waals surface area contributed by atoms with Crippen molar-refractivity contribution in [3.05, 3.63) is 5.21 Å². The molecule has 0 saturated carbocycles. The molecule has 0 aromatic heterocycles. The summed E-state index contributed by atoms with van der Waals surface area (Å²) in [6.07, 6.45) is 2.80. The van der Waals surface area contributed by atoms with Gasteiger partial charge in [-0.25, -0.2) is 0 Å². The second-order valence-corrected chi connectivity index (χ2v) is 2.83. The lowest BCUT2D eigenvalue weighted by molar-refractivity contribution is -0.0499. The van der Waals surface area contributed by atoms with Gasteiger partial charge in [0.1, 0.15) is 0 Å². The van der Waals surface area contributed by atoms with E-state index in [1.807, 2.05) is 6.92 Å². The van der Waals surface area contributed by atoms with Crippen molar-refractivity contribution in [2.45, 2.75) is 38.5 Å². The number of hydroxylamine groups is 2. The van der Waals surface area contributed by atoms with Gasteiger partial charge in [-0.2, -0.15) is 0 Å². The third-order valence-corrected chi connectivity index (χ3v) is 2.06. The minimum atomic E-state index is -0.191. The summed E-state index contributed by atoms with van der Waals surface area (Å²) in [5.74, 6) is 0. The van der Waals surface area contributed by atoms with Crippen LogP contribution < -0.4 is 0 Å². The summed E-state index contributed by atoms with van der Waals surface area (Å²) >= 11 is 0. The molecule has 3 nitrogen and oxygen atoms in total. The Bertz CT molecular complexity index is 108. The van der Waals surface area contributed by atoms with Crippen LogP contribution in [0.4, 0.5) is 0 Å². The minimum absolute atomic E-state index is 0.138. The van der Waals surface area contributed by atoms with Gasteiger partial charge < -0.3 is 15.0 Å². The van der Waals surface area contributed by atoms with Crippen LogP contribution in [0.1, 0.15) is 26.2 Å². The molecule has 0 bridgehead atoms. The molecule has 1 heterocycles. The van der Waals surface area contributed by atoms with Gasteiger partial charge in [-0.1, -0.05) is 6.92 Å². The third kappa shape index (κ3) is 1.48. The van der Waals surface area contributed by atoms with E-state index in [0.717, 1.165) is 24.3 Å². The summed E-state index contributed by atoms with van der Waals surface area (Å²) < 4.78 is 4.99. The Morgan fingerprint density at radius 1 is 1.50 bits per heavy atom. The van der Waals surface area contributed by atoms with Crippen molar-refractivity contribution < 1.29 is 4.74 Å². The maximum Gasteiger partial charge on any atom is 0.0987 e. The molecule has 2 atom stereocenters. The predicted octanol–water partition coefficient (Wildman–Crippen LogP) is 1.33. The second kappa shape index (κ2) is 3.32. The number of ether oxygens (including phenoxy) is 1. The standard InChI is InChI=1S/C7H14NO2/c1-6-4-3-5-7(10-2)8(6)9/h6-7H,3-5H2,1-2H3/q-1. The number of piperidine rings is 1. The highest BCUT2D eigenvalue weighted by Gasteiger charge is 2.19. The molecular weight excluding hydrogens is 130 g/mol. The van der Waals surface area contributed by atoms with Gasteiger partial charge in [-0.3, -0.25) is 0 Å². The molecular formula is C7H14NO2-. The van der Waals surface area contributed by atoms with E-state index in [1.54, 1.807) is 7.11 Å². The average Bonchev–Trinajstić information content (AvgIpc) is 1.95. The van der Waals surface area contributed by atoms with Gasteiger partial charge >= 0.3 is 0 Å². The van der Waals surface area contributed by atoms with Gasteiger partial charge in [-0.15, -0.1) is 0 Å². The topological polar surface area (TPSA) is 35.5 Å². The zero-order valence-corrected chi connectivity index (χ0v) is 6.54. The van der Waals surface area contributed by atoms with Crippen LogP contribution in [0.2, 0.25) is 0 Å². The van der Waals surface area contributed by atoms with Gasteiger partial charge in [0.15, 0.2) is 0 Å². The van der Waals surface area contributed by atoms with Crippen molar-refractivity contribution in [3.8, 4) is 0 Å². The Morgan fingerprint density at radius 3 is 2.70 bits per heavy atom. The molecule has 0 aliphatic carbocycles. The van der Waals surface area contributed by atoms with E-state index in [1.165, 1.54) is 0 Å². The molecule has 0 aromatic carbocycles. The molecule has 60 valence electrons. The van der Waals surface area contributed by atoms with Crippen LogP contribution in [-0.2, 0) is 4.74 Å². The van der Waals surface area contributed by atoms with Crippen molar-refractivity contribution in [1.82, 2.24) is 5.06 Å². The van der Waals surface area contributed by atoms with Crippen molar-refractivity contribution in [3.63, 3.8) is 0 Å². The molecule has 0 aromatic rings. The Balaban J connectivity index is 2.42.